The predicted molar refractivity (Wildman–Crippen MR) is 134 cm³/mol. The van der Waals surface area contributed by atoms with Crippen molar-refractivity contribution in [3.8, 4) is 0 Å². The van der Waals surface area contributed by atoms with Crippen molar-refractivity contribution in [1.82, 2.24) is 0 Å². The van der Waals surface area contributed by atoms with Crippen LogP contribution >= 0.6 is 0 Å². The van der Waals surface area contributed by atoms with Gasteiger partial charge in [0.15, 0.2) is 25.2 Å². The summed E-state index contributed by atoms with van der Waals surface area (Å²) in [5.74, 6) is 0. The molecule has 0 bridgehead atoms. The van der Waals surface area contributed by atoms with E-state index in [1.807, 2.05) is 0 Å². The van der Waals surface area contributed by atoms with Crippen molar-refractivity contribution in [1.29, 1.82) is 0 Å². The van der Waals surface area contributed by atoms with E-state index >= 15 is 0 Å². The molecule has 21 nitrogen and oxygen atoms in total. The molecule has 0 aromatic carbocycles. The summed E-state index contributed by atoms with van der Waals surface area (Å²) in [6.45, 7) is -3.39. The Morgan fingerprint density at radius 3 is 1.09 bits per heavy atom. The van der Waals surface area contributed by atoms with Crippen LogP contribution in [-0.2, 0) is 33.2 Å². The summed E-state index contributed by atoms with van der Waals surface area (Å²) in [4.78, 5) is 0. The molecular weight excluding hydrogens is 624 g/mol. The van der Waals surface area contributed by atoms with E-state index in [0.717, 1.165) is 0 Å². The van der Waals surface area contributed by atoms with Crippen LogP contribution in [0, 0.1) is 0 Å². The first-order chi connectivity index (χ1) is 21.3. The second-order valence-corrected chi connectivity index (χ2v) is 11.1. The largest absolute Gasteiger partial charge is 0.394 e. The third kappa shape index (κ3) is 7.44. The molecule has 0 amide bonds. The Hall–Kier alpha value is -0.840. The fourth-order valence-electron chi connectivity index (χ4n) is 5.52. The fourth-order valence-corrected chi connectivity index (χ4v) is 5.52. The van der Waals surface area contributed by atoms with E-state index in [1.54, 1.807) is 0 Å². The van der Waals surface area contributed by atoms with Gasteiger partial charge < -0.3 is 105 Å². The molecule has 0 radical (unpaired) electrons. The topological polar surface area (TPSA) is 348 Å². The van der Waals surface area contributed by atoms with E-state index in [4.69, 9.17) is 33.2 Å². The summed E-state index contributed by atoms with van der Waals surface area (Å²) in [5.41, 5.74) is 0. The normalized spacial score (nSPS) is 52.9. The van der Waals surface area contributed by atoms with Gasteiger partial charge in [0.2, 0.25) is 0 Å². The maximum absolute atomic E-state index is 11.0. The molecule has 0 saturated carbocycles. The minimum absolute atomic E-state index is 0.770. The molecule has 4 rings (SSSR count). The lowest BCUT2D eigenvalue weighted by Crippen LogP contribution is -2.67. The molecule has 0 aromatic heterocycles. The fraction of sp³-hybridized carbons (Fsp3) is 1.00. The third-order valence-electron chi connectivity index (χ3n) is 8.21. The molecule has 4 heterocycles. The summed E-state index contributed by atoms with van der Waals surface area (Å²) in [6, 6.07) is 0. The highest BCUT2D eigenvalue weighted by atomic mass is 16.8. The molecule has 14 N–H and O–H groups in total. The Kier molecular flexibility index (Phi) is 12.8. The quantitative estimate of drug-likeness (QED) is 0.103. The molecule has 264 valence electrons. The zero-order chi connectivity index (χ0) is 33.3. The molecule has 1 unspecified atom stereocenters. The number of rotatable bonds is 10. The van der Waals surface area contributed by atoms with Gasteiger partial charge in [-0.15, -0.1) is 0 Å². The summed E-state index contributed by atoms with van der Waals surface area (Å²) < 4.78 is 37.5. The summed E-state index contributed by atoms with van der Waals surface area (Å²) in [6.07, 6.45) is -36.1. The predicted octanol–water partition coefficient (Wildman–Crippen LogP) is -9.75. The first-order valence-electron chi connectivity index (χ1n) is 14.1. The highest BCUT2D eigenvalue weighted by Crippen LogP contribution is 2.34. The smallest absolute Gasteiger partial charge is 0.187 e. The number of hydrogen-bond acceptors (Lipinski definition) is 21. The molecule has 0 spiro atoms. The van der Waals surface area contributed by atoms with Crippen molar-refractivity contribution in [2.75, 3.05) is 26.4 Å². The van der Waals surface area contributed by atoms with Gasteiger partial charge in [0.25, 0.3) is 0 Å². The third-order valence-corrected chi connectivity index (χ3v) is 8.21. The second kappa shape index (κ2) is 15.6. The van der Waals surface area contributed by atoms with E-state index in [2.05, 4.69) is 0 Å². The molecule has 45 heavy (non-hydrogen) atoms. The van der Waals surface area contributed by atoms with Crippen molar-refractivity contribution < 1.29 is 105 Å². The Balaban J connectivity index is 1.52. The van der Waals surface area contributed by atoms with Gasteiger partial charge in [-0.1, -0.05) is 0 Å². The van der Waals surface area contributed by atoms with Crippen LogP contribution < -0.4 is 0 Å². The van der Waals surface area contributed by atoms with Crippen molar-refractivity contribution >= 4 is 0 Å². The molecule has 4 fully saturated rings. The van der Waals surface area contributed by atoms with Crippen LogP contribution in [0.15, 0.2) is 0 Å². The first kappa shape index (κ1) is 37.0. The van der Waals surface area contributed by atoms with Gasteiger partial charge in [-0.2, -0.15) is 0 Å². The maximum Gasteiger partial charge on any atom is 0.187 e. The van der Waals surface area contributed by atoms with Crippen LogP contribution in [0.3, 0.4) is 0 Å². The Labute approximate surface area is 254 Å². The van der Waals surface area contributed by atoms with Gasteiger partial charge >= 0.3 is 0 Å². The van der Waals surface area contributed by atoms with Crippen molar-refractivity contribution in [3.05, 3.63) is 0 Å². The lowest BCUT2D eigenvalue weighted by atomic mass is 9.95. The molecule has 4 saturated heterocycles. The molecule has 0 aromatic rings. The molecule has 4 aliphatic heterocycles. The summed E-state index contributed by atoms with van der Waals surface area (Å²) >= 11 is 0. The van der Waals surface area contributed by atoms with Crippen molar-refractivity contribution in [2.45, 2.75) is 123 Å². The standard InChI is InChI=1S/C24H42O21/c25-1-5-10(30)14(34)20(21(38)39-5)45-24-17(37)19(12(32)8(4-28)42-24)44-23-16(36)18(11(31)7(3-27)41-23)43-22-15(35)13(33)9(29)6(2-26)40-22/h5-38H,1-4H2/t5-,6-,7-,8-,9-,10-,11-,12-,13+,14+,15-,16-,17-,18+,19+,20-,21?,22-,23-,24-/m1/s1. The van der Waals surface area contributed by atoms with Crippen LogP contribution in [0.2, 0.25) is 0 Å². The van der Waals surface area contributed by atoms with Crippen LogP contribution in [0.25, 0.3) is 0 Å². The van der Waals surface area contributed by atoms with Crippen molar-refractivity contribution in [3.63, 3.8) is 0 Å². The van der Waals surface area contributed by atoms with Gasteiger partial charge in [-0.3, -0.25) is 0 Å². The summed E-state index contributed by atoms with van der Waals surface area (Å²) in [5, 5.41) is 143. The minimum atomic E-state index is -2.05. The van der Waals surface area contributed by atoms with Crippen LogP contribution in [0.5, 0.6) is 0 Å². The van der Waals surface area contributed by atoms with Gasteiger partial charge in [0, 0.05) is 0 Å². The van der Waals surface area contributed by atoms with Gasteiger partial charge in [0.1, 0.15) is 97.7 Å². The molecule has 20 atom stereocenters. The Bertz CT molecular complexity index is 916. The number of aliphatic hydroxyl groups excluding tert-OH is 14. The molecule has 4 aliphatic rings. The number of hydrogen-bond donors (Lipinski definition) is 14. The molecular formula is C24H42O21. The van der Waals surface area contributed by atoms with E-state index < -0.39 is 149 Å². The SMILES string of the molecule is OC[C@H]1O[C@H](O[C@@H]2[C@@H](O)[C@@H](O[C@@H]3[C@@H](O)[C@@H](O[C@H]4C(O)O[C@H](CO)[C@@H](O)[C@@H]4O)O[C@H](CO)[C@H]3O)O[C@H](CO)[C@H]2O)[C@H](O)[C@@H](O)[C@@H]1O. The van der Waals surface area contributed by atoms with Crippen LogP contribution in [-0.4, -0.2) is 221 Å². The number of ether oxygens (including phenoxy) is 7. The van der Waals surface area contributed by atoms with Crippen LogP contribution in [0.4, 0.5) is 0 Å². The van der Waals surface area contributed by atoms with E-state index in [9.17, 15) is 71.5 Å². The second-order valence-electron chi connectivity index (χ2n) is 11.1. The Morgan fingerprint density at radius 1 is 0.333 bits per heavy atom. The average molecular weight is 667 g/mol. The lowest BCUT2D eigenvalue weighted by Gasteiger charge is -2.49. The zero-order valence-corrected chi connectivity index (χ0v) is 23.5. The van der Waals surface area contributed by atoms with Gasteiger partial charge in [-0.25, -0.2) is 0 Å². The Morgan fingerprint density at radius 2 is 0.667 bits per heavy atom. The van der Waals surface area contributed by atoms with Gasteiger partial charge in [0.05, 0.1) is 26.4 Å². The lowest BCUT2D eigenvalue weighted by molar-refractivity contribution is -0.391. The number of aliphatic hydroxyl groups is 14. The van der Waals surface area contributed by atoms with Crippen LogP contribution in [0.1, 0.15) is 0 Å². The van der Waals surface area contributed by atoms with Crippen molar-refractivity contribution in [2.24, 2.45) is 0 Å². The summed E-state index contributed by atoms with van der Waals surface area (Å²) in [7, 11) is 0. The average Bonchev–Trinajstić information content (AvgIpc) is 3.02. The minimum Gasteiger partial charge on any atom is -0.394 e. The first-order valence-corrected chi connectivity index (χ1v) is 14.1. The van der Waals surface area contributed by atoms with E-state index in [-0.39, 0.29) is 0 Å². The molecule has 21 heteroatoms. The highest BCUT2D eigenvalue weighted by molar-refractivity contribution is 4.97. The van der Waals surface area contributed by atoms with E-state index in [1.165, 1.54) is 0 Å². The maximum atomic E-state index is 11.0. The van der Waals surface area contributed by atoms with E-state index in [0.29, 0.717) is 0 Å². The monoisotopic (exact) mass is 666 g/mol. The zero-order valence-electron chi connectivity index (χ0n) is 23.5. The molecule has 0 aliphatic carbocycles. The highest BCUT2D eigenvalue weighted by Gasteiger charge is 2.55. The van der Waals surface area contributed by atoms with Gasteiger partial charge in [-0.05, 0) is 0 Å².